The molecule has 0 aromatic rings. The first kappa shape index (κ1) is 19.4. The molecule has 2 amide bonds. The second-order valence-corrected chi connectivity index (χ2v) is 6.42. The minimum atomic E-state index is -1.14. The molecule has 122 valence electrons. The average Bonchev–Trinajstić information content (AvgIpc) is 2.35. The second-order valence-electron chi connectivity index (χ2n) is 6.42. The van der Waals surface area contributed by atoms with Crippen LogP contribution in [0, 0.1) is 17.3 Å². The fourth-order valence-corrected chi connectivity index (χ4v) is 1.98. The summed E-state index contributed by atoms with van der Waals surface area (Å²) in [4.78, 5) is 35.3. The third-order valence-corrected chi connectivity index (χ3v) is 3.90. The van der Waals surface area contributed by atoms with E-state index in [-0.39, 0.29) is 24.2 Å². The molecule has 0 aliphatic carbocycles. The number of nitrogens with one attached hydrogen (secondary N) is 2. The number of likely N-dealkylation sites (N-methyl/N-ethyl adjacent to an activating group) is 1. The Hall–Kier alpha value is -1.59. The van der Waals surface area contributed by atoms with Crippen LogP contribution in [0.5, 0.6) is 0 Å². The van der Waals surface area contributed by atoms with Crippen LogP contribution in [0.25, 0.3) is 0 Å². The van der Waals surface area contributed by atoms with Crippen molar-refractivity contribution >= 4 is 17.8 Å². The highest BCUT2D eigenvalue weighted by Gasteiger charge is 2.39. The van der Waals surface area contributed by atoms with E-state index in [2.05, 4.69) is 10.6 Å². The molecule has 0 radical (unpaired) electrons. The van der Waals surface area contributed by atoms with Gasteiger partial charge in [0.2, 0.25) is 11.8 Å². The van der Waals surface area contributed by atoms with Gasteiger partial charge in [-0.05, 0) is 25.2 Å². The molecule has 0 heterocycles. The number of hydrogen-bond acceptors (Lipinski definition) is 3. The van der Waals surface area contributed by atoms with Gasteiger partial charge in [-0.25, -0.2) is 0 Å². The molecule has 0 aromatic carbocycles. The highest BCUT2D eigenvalue weighted by atomic mass is 16.4. The molecule has 0 saturated carbocycles. The molecule has 6 nitrogen and oxygen atoms in total. The van der Waals surface area contributed by atoms with E-state index in [9.17, 15) is 19.5 Å². The molecule has 2 unspecified atom stereocenters. The Kier molecular flexibility index (Phi) is 7.39. The molecule has 0 spiro atoms. The van der Waals surface area contributed by atoms with Gasteiger partial charge in [-0.2, -0.15) is 0 Å². The van der Waals surface area contributed by atoms with Crippen LogP contribution in [0.1, 0.15) is 47.5 Å². The standard InChI is InChI=1S/C15H28N2O4/c1-9(2)7-11(13(19)16-6)17-12(18)8-15(5,10(3)4)14(20)21/h9-11H,7-8H2,1-6H3,(H,16,19)(H,17,18)(H,20,21). The number of carboxylic acids is 1. The Morgan fingerprint density at radius 2 is 1.67 bits per heavy atom. The highest BCUT2D eigenvalue weighted by Crippen LogP contribution is 2.31. The lowest BCUT2D eigenvalue weighted by molar-refractivity contribution is -0.153. The molecule has 3 N–H and O–H groups in total. The molecule has 0 aliphatic heterocycles. The molecular formula is C15H28N2O4. The summed E-state index contributed by atoms with van der Waals surface area (Å²) in [5, 5.41) is 14.5. The summed E-state index contributed by atoms with van der Waals surface area (Å²) in [6.07, 6.45) is 0.364. The molecule has 0 aliphatic rings. The normalized spacial score (nSPS) is 15.4. The van der Waals surface area contributed by atoms with Crippen LogP contribution in [0.15, 0.2) is 0 Å². The van der Waals surface area contributed by atoms with E-state index in [1.54, 1.807) is 20.8 Å². The summed E-state index contributed by atoms with van der Waals surface area (Å²) >= 11 is 0. The quantitative estimate of drug-likeness (QED) is 0.631. The van der Waals surface area contributed by atoms with Crippen LogP contribution < -0.4 is 10.6 Å². The lowest BCUT2D eigenvalue weighted by atomic mass is 9.76. The number of carboxylic acid groups (broad SMARTS) is 1. The van der Waals surface area contributed by atoms with Crippen molar-refractivity contribution in [3.05, 3.63) is 0 Å². The van der Waals surface area contributed by atoms with E-state index in [1.807, 2.05) is 13.8 Å². The first-order valence-corrected chi connectivity index (χ1v) is 7.29. The lowest BCUT2D eigenvalue weighted by Crippen LogP contribution is -2.48. The van der Waals surface area contributed by atoms with Crippen LogP contribution in [0.4, 0.5) is 0 Å². The molecule has 0 aromatic heterocycles. The summed E-state index contributed by atoms with van der Waals surface area (Å²) < 4.78 is 0. The fourth-order valence-electron chi connectivity index (χ4n) is 1.98. The first-order valence-electron chi connectivity index (χ1n) is 7.29. The summed E-state index contributed by atoms with van der Waals surface area (Å²) in [7, 11) is 1.51. The minimum absolute atomic E-state index is 0.147. The zero-order valence-corrected chi connectivity index (χ0v) is 13.8. The van der Waals surface area contributed by atoms with E-state index in [0.717, 1.165) is 0 Å². The summed E-state index contributed by atoms with van der Waals surface area (Å²) in [5.74, 6) is -1.64. The van der Waals surface area contributed by atoms with Crippen LogP contribution in [0.2, 0.25) is 0 Å². The summed E-state index contributed by atoms with van der Waals surface area (Å²) in [6, 6.07) is -0.632. The number of rotatable bonds is 8. The Balaban J connectivity index is 4.91. The SMILES string of the molecule is CNC(=O)C(CC(C)C)NC(=O)CC(C)(C(=O)O)C(C)C. The Bertz CT molecular complexity index is 393. The minimum Gasteiger partial charge on any atom is -0.481 e. The van der Waals surface area contributed by atoms with Gasteiger partial charge in [0.1, 0.15) is 6.04 Å². The first-order chi connectivity index (χ1) is 9.54. The van der Waals surface area contributed by atoms with Gasteiger partial charge in [0.15, 0.2) is 0 Å². The van der Waals surface area contributed by atoms with Gasteiger partial charge in [0, 0.05) is 13.5 Å². The lowest BCUT2D eigenvalue weighted by Gasteiger charge is -2.29. The van der Waals surface area contributed by atoms with Crippen LogP contribution in [0.3, 0.4) is 0 Å². The van der Waals surface area contributed by atoms with Crippen molar-refractivity contribution in [1.82, 2.24) is 10.6 Å². The van der Waals surface area contributed by atoms with E-state index in [1.165, 1.54) is 7.05 Å². The van der Waals surface area contributed by atoms with Crippen molar-refractivity contribution in [3.63, 3.8) is 0 Å². The van der Waals surface area contributed by atoms with Crippen molar-refractivity contribution in [2.45, 2.75) is 53.5 Å². The van der Waals surface area contributed by atoms with Crippen LogP contribution in [-0.4, -0.2) is 36.0 Å². The number of aliphatic carboxylic acids is 1. The molecule has 6 heteroatoms. The maximum absolute atomic E-state index is 12.1. The summed E-state index contributed by atoms with van der Waals surface area (Å²) in [5.41, 5.74) is -1.14. The van der Waals surface area contributed by atoms with Gasteiger partial charge in [-0.3, -0.25) is 14.4 Å². The monoisotopic (exact) mass is 300 g/mol. The zero-order chi connectivity index (χ0) is 16.8. The third-order valence-electron chi connectivity index (χ3n) is 3.90. The predicted molar refractivity (Wildman–Crippen MR) is 80.7 cm³/mol. The fraction of sp³-hybridized carbons (Fsp3) is 0.800. The number of carbonyl (C=O) groups is 3. The molecule has 21 heavy (non-hydrogen) atoms. The highest BCUT2D eigenvalue weighted by molar-refractivity contribution is 5.90. The third kappa shape index (κ3) is 5.73. The van der Waals surface area contributed by atoms with Crippen LogP contribution >= 0.6 is 0 Å². The van der Waals surface area contributed by atoms with E-state index in [4.69, 9.17) is 0 Å². The van der Waals surface area contributed by atoms with Gasteiger partial charge >= 0.3 is 5.97 Å². The number of hydrogen-bond donors (Lipinski definition) is 3. The van der Waals surface area contributed by atoms with Crippen molar-refractivity contribution in [2.24, 2.45) is 17.3 Å². The largest absolute Gasteiger partial charge is 0.481 e. The van der Waals surface area contributed by atoms with Crippen molar-refractivity contribution in [1.29, 1.82) is 0 Å². The second kappa shape index (κ2) is 8.00. The van der Waals surface area contributed by atoms with Crippen molar-refractivity contribution in [2.75, 3.05) is 7.05 Å². The average molecular weight is 300 g/mol. The maximum Gasteiger partial charge on any atom is 0.310 e. The van der Waals surface area contributed by atoms with E-state index < -0.39 is 23.3 Å². The van der Waals surface area contributed by atoms with Crippen molar-refractivity contribution < 1.29 is 19.5 Å². The number of carbonyl (C=O) groups excluding carboxylic acids is 2. The maximum atomic E-state index is 12.1. The van der Waals surface area contributed by atoms with Gasteiger partial charge in [-0.1, -0.05) is 27.7 Å². The molecular weight excluding hydrogens is 272 g/mol. The van der Waals surface area contributed by atoms with E-state index in [0.29, 0.717) is 6.42 Å². The van der Waals surface area contributed by atoms with Gasteiger partial charge in [0.25, 0.3) is 0 Å². The van der Waals surface area contributed by atoms with Gasteiger partial charge < -0.3 is 15.7 Å². The Morgan fingerprint density at radius 3 is 2.00 bits per heavy atom. The Labute approximate surface area is 126 Å². The predicted octanol–water partition coefficient (Wildman–Crippen LogP) is 1.40. The van der Waals surface area contributed by atoms with Gasteiger partial charge in [-0.15, -0.1) is 0 Å². The molecule has 2 atom stereocenters. The Morgan fingerprint density at radius 1 is 1.14 bits per heavy atom. The zero-order valence-electron chi connectivity index (χ0n) is 13.8. The van der Waals surface area contributed by atoms with Crippen molar-refractivity contribution in [3.8, 4) is 0 Å². The molecule has 0 bridgehead atoms. The molecule has 0 fully saturated rings. The molecule has 0 rings (SSSR count). The molecule has 0 saturated heterocycles. The summed E-state index contributed by atoms with van der Waals surface area (Å²) in [6.45, 7) is 9.00. The number of amides is 2. The van der Waals surface area contributed by atoms with E-state index >= 15 is 0 Å². The van der Waals surface area contributed by atoms with Gasteiger partial charge in [0.05, 0.1) is 5.41 Å². The topological polar surface area (TPSA) is 95.5 Å². The van der Waals surface area contributed by atoms with Crippen LogP contribution in [-0.2, 0) is 14.4 Å². The smallest absolute Gasteiger partial charge is 0.310 e.